The largest absolute Gasteiger partial charge is 0.477 e. The molecule has 0 amide bonds. The summed E-state index contributed by atoms with van der Waals surface area (Å²) in [5, 5.41) is 16.4. The van der Waals surface area contributed by atoms with Crippen molar-refractivity contribution in [3.05, 3.63) is 109 Å². The van der Waals surface area contributed by atoms with Crippen molar-refractivity contribution in [3.63, 3.8) is 0 Å². The Labute approximate surface area is 231 Å². The zero-order valence-corrected chi connectivity index (χ0v) is 23.0. The predicted molar refractivity (Wildman–Crippen MR) is 145 cm³/mol. The molecule has 0 atom stereocenters. The van der Waals surface area contributed by atoms with E-state index >= 15 is 0 Å². The van der Waals surface area contributed by atoms with Crippen molar-refractivity contribution in [1.29, 1.82) is 0 Å². The van der Waals surface area contributed by atoms with Gasteiger partial charge in [-0.05, 0) is 41.2 Å². The Morgan fingerprint density at radius 1 is 0.895 bits per heavy atom. The Hall–Kier alpha value is -4.39. The summed E-state index contributed by atoms with van der Waals surface area (Å²) in [6.07, 6.45) is 3.30. The van der Waals surface area contributed by atoms with Crippen LogP contribution in [0.3, 0.4) is 0 Å². The van der Waals surface area contributed by atoms with Gasteiger partial charge in [-0.3, -0.25) is 4.52 Å². The Balaban J connectivity index is 0.000000253. The van der Waals surface area contributed by atoms with E-state index in [0.717, 1.165) is 44.4 Å². The first kappa shape index (κ1) is 25.3. The molecule has 0 aliphatic carbocycles. The van der Waals surface area contributed by atoms with Crippen molar-refractivity contribution in [2.75, 3.05) is 0 Å². The number of carbonyl (C=O) groups is 1. The molecule has 4 aromatic heterocycles. The smallest absolute Gasteiger partial charge is 0.354 e. The van der Waals surface area contributed by atoms with E-state index in [1.165, 1.54) is 23.0 Å². The molecule has 0 bridgehead atoms. The van der Waals surface area contributed by atoms with Crippen LogP contribution < -0.4 is 0 Å². The second kappa shape index (κ2) is 10.2. The van der Waals surface area contributed by atoms with Gasteiger partial charge in [0.2, 0.25) is 0 Å². The van der Waals surface area contributed by atoms with Crippen molar-refractivity contribution >= 4 is 44.2 Å². The zero-order valence-electron chi connectivity index (χ0n) is 20.6. The molecule has 0 unspecified atom stereocenters. The summed E-state index contributed by atoms with van der Waals surface area (Å²) in [6, 6.07) is 29.1. The molecular formula is C30H22IrN5O2-. The van der Waals surface area contributed by atoms with Gasteiger partial charge in [-0.1, -0.05) is 65.7 Å². The van der Waals surface area contributed by atoms with Crippen LogP contribution in [0.15, 0.2) is 91.3 Å². The number of hydrogen-bond acceptors (Lipinski definition) is 4. The van der Waals surface area contributed by atoms with Crippen molar-refractivity contribution in [2.24, 2.45) is 7.05 Å². The summed E-state index contributed by atoms with van der Waals surface area (Å²) in [7, 11) is 2.08. The molecule has 0 saturated carbocycles. The third-order valence-corrected chi connectivity index (χ3v) is 6.53. The van der Waals surface area contributed by atoms with Gasteiger partial charge < -0.3 is 9.67 Å². The van der Waals surface area contributed by atoms with Gasteiger partial charge in [0, 0.05) is 39.5 Å². The van der Waals surface area contributed by atoms with Crippen molar-refractivity contribution in [3.8, 4) is 11.4 Å². The minimum atomic E-state index is -0.990. The number of rotatable bonds is 2. The van der Waals surface area contributed by atoms with Gasteiger partial charge in [0.15, 0.2) is 0 Å². The van der Waals surface area contributed by atoms with Crippen molar-refractivity contribution < 1.29 is 30.0 Å². The first-order valence-electron chi connectivity index (χ1n) is 11.8. The number of aromatic nitrogens is 5. The first-order valence-corrected chi connectivity index (χ1v) is 11.8. The summed E-state index contributed by atoms with van der Waals surface area (Å²) in [5.41, 5.74) is 6.58. The minimum Gasteiger partial charge on any atom is -0.477 e. The number of carboxylic acids is 1. The van der Waals surface area contributed by atoms with Crippen LogP contribution in [0, 0.1) is 13.0 Å². The van der Waals surface area contributed by atoms with Gasteiger partial charge in [-0.15, -0.1) is 5.56 Å². The van der Waals surface area contributed by atoms with E-state index in [-0.39, 0.29) is 25.8 Å². The third kappa shape index (κ3) is 4.14. The number of aromatic carboxylic acids is 1. The average Bonchev–Trinajstić information content (AvgIpc) is 3.55. The fraction of sp³-hybridized carbons (Fsp3) is 0.0667. The van der Waals surface area contributed by atoms with Gasteiger partial charge in [0.1, 0.15) is 11.5 Å². The van der Waals surface area contributed by atoms with Crippen LogP contribution in [0.1, 0.15) is 16.1 Å². The van der Waals surface area contributed by atoms with Crippen LogP contribution in [-0.2, 0) is 27.2 Å². The van der Waals surface area contributed by atoms with E-state index in [9.17, 15) is 4.79 Å². The van der Waals surface area contributed by atoms with Gasteiger partial charge >= 0.3 is 5.97 Å². The second-order valence-electron chi connectivity index (χ2n) is 8.75. The minimum absolute atomic E-state index is 0. The number of fused-ring (bicyclic) bond motifs is 7. The Kier molecular flexibility index (Phi) is 6.76. The van der Waals surface area contributed by atoms with Gasteiger partial charge in [0.05, 0.1) is 16.6 Å². The summed E-state index contributed by atoms with van der Waals surface area (Å²) in [6.45, 7) is 2.13. The number of nitrogens with zero attached hydrogens (tertiary/aromatic N) is 5. The van der Waals surface area contributed by atoms with Crippen molar-refractivity contribution in [1.82, 2.24) is 24.1 Å². The molecule has 0 aliphatic rings. The van der Waals surface area contributed by atoms with E-state index in [1.54, 1.807) is 12.1 Å². The monoisotopic (exact) mass is 677 g/mol. The van der Waals surface area contributed by atoms with Crippen LogP contribution in [0.5, 0.6) is 0 Å². The molecule has 8 heteroatoms. The molecule has 0 fully saturated rings. The molecule has 7 aromatic rings. The fourth-order valence-electron chi connectivity index (χ4n) is 4.82. The Morgan fingerprint density at radius 2 is 1.63 bits per heavy atom. The topological polar surface area (TPSA) is 85.3 Å². The number of para-hydroxylation sites is 2. The molecule has 0 saturated heterocycles. The second-order valence-corrected chi connectivity index (χ2v) is 8.75. The van der Waals surface area contributed by atoms with Crippen LogP contribution in [0.2, 0.25) is 0 Å². The SMILES string of the molecule is Cc1c[c-]c2c(c1-c1nc3ccccc3n1C)c1ccccc1c1ccnn21.O=C(O)c1ccccn1.[Ir]. The van der Waals surface area contributed by atoms with Gasteiger partial charge in [0.25, 0.3) is 0 Å². The molecule has 3 aromatic carbocycles. The van der Waals surface area contributed by atoms with E-state index in [1.807, 2.05) is 22.8 Å². The number of imidazole rings is 1. The molecular weight excluding hydrogens is 655 g/mol. The van der Waals surface area contributed by atoms with Crippen LogP contribution in [0.4, 0.5) is 0 Å². The number of hydrogen-bond donors (Lipinski definition) is 1. The van der Waals surface area contributed by atoms with E-state index in [0.29, 0.717) is 0 Å². The van der Waals surface area contributed by atoms with Crippen LogP contribution in [-0.4, -0.2) is 35.2 Å². The maximum atomic E-state index is 10.1. The molecule has 189 valence electrons. The summed E-state index contributed by atoms with van der Waals surface area (Å²) in [4.78, 5) is 18.7. The molecule has 38 heavy (non-hydrogen) atoms. The summed E-state index contributed by atoms with van der Waals surface area (Å²) >= 11 is 0. The standard InChI is InChI=1S/C24H17N4.C6H5NO2.Ir/c1-15-11-12-21-23(17-8-4-3-7-16(17)19-13-14-25-28(19)21)22(15)24-26-18-9-5-6-10-20(18)27(24)2;8-6(9)5-3-1-2-4-7-5;/h3-11,13-14H,1-2H3;1-4H,(H,8,9);/q-1;;. The predicted octanol–water partition coefficient (Wildman–Crippen LogP) is 6.08. The molecule has 0 aliphatic heterocycles. The third-order valence-electron chi connectivity index (χ3n) is 6.53. The molecule has 1 radical (unpaired) electrons. The number of benzene rings is 3. The zero-order chi connectivity index (χ0) is 25.5. The Morgan fingerprint density at radius 3 is 2.34 bits per heavy atom. The number of aryl methyl sites for hydroxylation is 2. The first-order chi connectivity index (χ1) is 18.0. The maximum Gasteiger partial charge on any atom is 0.354 e. The normalized spacial score (nSPS) is 10.9. The molecule has 7 nitrogen and oxygen atoms in total. The molecule has 4 heterocycles. The number of carboxylic acid groups (broad SMARTS) is 1. The molecule has 0 spiro atoms. The van der Waals surface area contributed by atoms with Gasteiger partial charge in [-0.25, -0.2) is 14.8 Å². The van der Waals surface area contributed by atoms with Gasteiger partial charge in [-0.2, -0.15) is 17.2 Å². The quantitative estimate of drug-likeness (QED) is 0.177. The maximum absolute atomic E-state index is 10.1. The van der Waals surface area contributed by atoms with Crippen LogP contribution in [0.25, 0.3) is 49.6 Å². The van der Waals surface area contributed by atoms with E-state index < -0.39 is 5.97 Å². The van der Waals surface area contributed by atoms with E-state index in [2.05, 4.69) is 83.2 Å². The fourth-order valence-corrected chi connectivity index (χ4v) is 4.82. The average molecular weight is 677 g/mol. The molecule has 1 N–H and O–H groups in total. The summed E-state index contributed by atoms with van der Waals surface area (Å²) < 4.78 is 4.17. The number of pyridine rings is 2. The van der Waals surface area contributed by atoms with E-state index in [4.69, 9.17) is 10.1 Å². The summed E-state index contributed by atoms with van der Waals surface area (Å²) in [5.74, 6) is -0.0232. The Bertz CT molecular complexity index is 1940. The van der Waals surface area contributed by atoms with Crippen molar-refractivity contribution in [2.45, 2.75) is 6.92 Å². The van der Waals surface area contributed by atoms with Crippen LogP contribution >= 0.6 is 0 Å². The molecule has 7 rings (SSSR count).